The fourth-order valence-electron chi connectivity index (χ4n) is 3.29. The quantitative estimate of drug-likeness (QED) is 0.256. The maximum absolute atomic E-state index is 12.5. The molecule has 4 aromatic rings. The van der Waals surface area contributed by atoms with E-state index in [9.17, 15) is 9.59 Å². The van der Waals surface area contributed by atoms with Crippen molar-refractivity contribution in [2.24, 2.45) is 0 Å². The molecule has 4 rings (SSSR count). The van der Waals surface area contributed by atoms with E-state index in [0.29, 0.717) is 27.9 Å². The number of nitrogens with one attached hydrogen (secondary N) is 2. The Balaban J connectivity index is 1.34. The van der Waals surface area contributed by atoms with Gasteiger partial charge in [-0.3, -0.25) is 20.4 Å². The first-order valence-electron chi connectivity index (χ1n) is 10.7. The summed E-state index contributed by atoms with van der Waals surface area (Å²) in [5.41, 5.74) is 11.6. The van der Waals surface area contributed by atoms with Crippen LogP contribution in [0.25, 0.3) is 11.0 Å². The van der Waals surface area contributed by atoms with E-state index in [-0.39, 0.29) is 0 Å². The normalized spacial score (nSPS) is 10.8. The molecule has 0 atom stereocenters. The lowest BCUT2D eigenvalue weighted by Crippen LogP contribution is -2.41. The monoisotopic (exact) mass is 472 g/mol. The molecule has 2 aromatic heterocycles. The number of rotatable bonds is 5. The number of hydrogen-bond acceptors (Lipinski definition) is 7. The molecule has 0 fully saturated rings. The Morgan fingerprint density at radius 1 is 0.706 bits per heavy atom. The highest BCUT2D eigenvalue weighted by molar-refractivity contribution is 7.98. The van der Waals surface area contributed by atoms with Gasteiger partial charge in [0.1, 0.15) is 0 Å². The molecule has 0 radical (unpaired) electrons. The van der Waals surface area contributed by atoms with E-state index in [0.717, 1.165) is 33.5 Å². The van der Waals surface area contributed by atoms with Crippen molar-refractivity contribution in [1.29, 1.82) is 0 Å². The van der Waals surface area contributed by atoms with E-state index in [4.69, 9.17) is 0 Å². The summed E-state index contributed by atoms with van der Waals surface area (Å²) >= 11 is 1.54. The van der Waals surface area contributed by atoms with E-state index in [2.05, 4.69) is 30.8 Å². The molecule has 172 valence electrons. The van der Waals surface area contributed by atoms with Crippen LogP contribution in [-0.2, 0) is 5.75 Å². The van der Waals surface area contributed by atoms with Crippen LogP contribution in [0.15, 0.2) is 53.7 Å². The summed E-state index contributed by atoms with van der Waals surface area (Å²) < 4.78 is 0. The van der Waals surface area contributed by atoms with Gasteiger partial charge in [-0.05, 0) is 69.7 Å². The van der Waals surface area contributed by atoms with Crippen molar-refractivity contribution in [3.05, 3.63) is 88.0 Å². The third-order valence-corrected chi connectivity index (χ3v) is 6.09. The number of carbonyl (C=O) groups excluding carboxylic acids is 2. The van der Waals surface area contributed by atoms with E-state index in [1.165, 1.54) is 0 Å². The summed E-state index contributed by atoms with van der Waals surface area (Å²) in [4.78, 5) is 42.8. The number of amides is 2. The standard InChI is InChI=1S/C25H24N6O2S/c1-14-11-15(2)27-25(26-14)34-13-18-5-7-19(8-6-18)23(32)30-31-24(33)20-9-10-21-22(12-20)29-17(4)16(3)28-21/h5-12H,13H2,1-4H3,(H,30,32)(H,31,33). The number of thioether (sulfide) groups is 1. The minimum absolute atomic E-state index is 0.381. The predicted octanol–water partition coefficient (Wildman–Crippen LogP) is 4.02. The highest BCUT2D eigenvalue weighted by Crippen LogP contribution is 2.20. The summed E-state index contributed by atoms with van der Waals surface area (Å²) in [6.45, 7) is 7.65. The fourth-order valence-corrected chi connectivity index (χ4v) is 4.19. The smallest absolute Gasteiger partial charge is 0.267 e. The van der Waals surface area contributed by atoms with Crippen LogP contribution in [-0.4, -0.2) is 31.8 Å². The van der Waals surface area contributed by atoms with Gasteiger partial charge in [-0.25, -0.2) is 19.9 Å². The molecule has 34 heavy (non-hydrogen) atoms. The number of aryl methyl sites for hydroxylation is 4. The van der Waals surface area contributed by atoms with Crippen LogP contribution in [0.3, 0.4) is 0 Å². The summed E-state index contributed by atoms with van der Waals surface area (Å²) in [5.74, 6) is -0.153. The molecule has 0 aliphatic heterocycles. The number of benzene rings is 2. The number of nitrogens with zero attached hydrogens (tertiary/aromatic N) is 4. The van der Waals surface area contributed by atoms with Crippen LogP contribution in [0.2, 0.25) is 0 Å². The van der Waals surface area contributed by atoms with Gasteiger partial charge in [0, 0.05) is 28.3 Å². The average Bonchev–Trinajstić information content (AvgIpc) is 2.81. The maximum Gasteiger partial charge on any atom is 0.269 e. The molecular formula is C25H24N6O2S. The van der Waals surface area contributed by atoms with E-state index >= 15 is 0 Å². The van der Waals surface area contributed by atoms with E-state index < -0.39 is 11.8 Å². The molecule has 8 nitrogen and oxygen atoms in total. The Morgan fingerprint density at radius 3 is 1.91 bits per heavy atom. The van der Waals surface area contributed by atoms with Crippen molar-refractivity contribution < 1.29 is 9.59 Å². The van der Waals surface area contributed by atoms with Gasteiger partial charge in [0.05, 0.1) is 22.4 Å². The van der Waals surface area contributed by atoms with Crippen molar-refractivity contribution in [3.63, 3.8) is 0 Å². The first-order chi connectivity index (χ1) is 16.3. The van der Waals surface area contributed by atoms with E-state index in [1.54, 1.807) is 42.1 Å². The minimum atomic E-state index is -0.434. The molecule has 0 aliphatic carbocycles. The lowest BCUT2D eigenvalue weighted by Gasteiger charge is -2.09. The Labute approximate surface area is 201 Å². The van der Waals surface area contributed by atoms with Gasteiger partial charge in [0.15, 0.2) is 5.16 Å². The van der Waals surface area contributed by atoms with Crippen molar-refractivity contribution in [1.82, 2.24) is 30.8 Å². The second kappa shape index (κ2) is 9.96. The minimum Gasteiger partial charge on any atom is -0.267 e. The summed E-state index contributed by atoms with van der Waals surface area (Å²) in [6.07, 6.45) is 0. The van der Waals surface area contributed by atoms with Gasteiger partial charge >= 0.3 is 0 Å². The first kappa shape index (κ1) is 23.3. The largest absolute Gasteiger partial charge is 0.269 e. The van der Waals surface area contributed by atoms with Crippen molar-refractivity contribution in [2.45, 2.75) is 38.6 Å². The summed E-state index contributed by atoms with van der Waals surface area (Å²) in [7, 11) is 0. The molecule has 0 saturated heterocycles. The van der Waals surface area contributed by atoms with Crippen LogP contribution in [0.4, 0.5) is 0 Å². The highest BCUT2D eigenvalue weighted by Gasteiger charge is 2.11. The molecule has 2 amide bonds. The molecule has 0 spiro atoms. The Morgan fingerprint density at radius 2 is 1.26 bits per heavy atom. The summed E-state index contributed by atoms with van der Waals surface area (Å²) in [5, 5.41) is 0.729. The number of carbonyl (C=O) groups is 2. The van der Waals surface area contributed by atoms with Gasteiger partial charge in [-0.1, -0.05) is 23.9 Å². The predicted molar refractivity (Wildman–Crippen MR) is 131 cm³/mol. The van der Waals surface area contributed by atoms with Crippen molar-refractivity contribution in [3.8, 4) is 0 Å². The topological polar surface area (TPSA) is 110 Å². The van der Waals surface area contributed by atoms with Gasteiger partial charge in [-0.2, -0.15) is 0 Å². The molecule has 0 saturated carbocycles. The summed E-state index contributed by atoms with van der Waals surface area (Å²) in [6, 6.07) is 14.2. The molecule has 0 unspecified atom stereocenters. The number of aromatic nitrogens is 4. The third-order valence-electron chi connectivity index (χ3n) is 5.17. The zero-order valence-electron chi connectivity index (χ0n) is 19.3. The lowest BCUT2D eigenvalue weighted by molar-refractivity contribution is 0.0847. The number of fused-ring (bicyclic) bond motifs is 1. The molecule has 0 bridgehead atoms. The Bertz CT molecular complexity index is 1370. The molecule has 2 heterocycles. The maximum atomic E-state index is 12.5. The lowest BCUT2D eigenvalue weighted by atomic mass is 10.1. The van der Waals surface area contributed by atoms with Crippen molar-refractivity contribution >= 4 is 34.6 Å². The highest BCUT2D eigenvalue weighted by atomic mass is 32.2. The number of hydrazine groups is 1. The van der Waals surface area contributed by atoms with Crippen LogP contribution >= 0.6 is 11.8 Å². The average molecular weight is 473 g/mol. The molecular weight excluding hydrogens is 448 g/mol. The van der Waals surface area contributed by atoms with E-state index in [1.807, 2.05) is 45.9 Å². The van der Waals surface area contributed by atoms with Crippen LogP contribution < -0.4 is 10.9 Å². The van der Waals surface area contributed by atoms with Gasteiger partial charge in [-0.15, -0.1) is 0 Å². The Hall–Kier alpha value is -3.85. The van der Waals surface area contributed by atoms with Gasteiger partial charge in [0.25, 0.3) is 11.8 Å². The SMILES string of the molecule is Cc1cc(C)nc(SCc2ccc(C(=O)NNC(=O)c3ccc4nc(C)c(C)nc4c3)cc2)n1. The zero-order chi connectivity index (χ0) is 24.2. The van der Waals surface area contributed by atoms with Crippen LogP contribution in [0, 0.1) is 27.7 Å². The second-order valence-corrected chi connectivity index (χ2v) is 8.87. The molecule has 2 aromatic carbocycles. The van der Waals surface area contributed by atoms with Crippen molar-refractivity contribution in [2.75, 3.05) is 0 Å². The first-order valence-corrected chi connectivity index (χ1v) is 11.7. The molecule has 2 N–H and O–H groups in total. The second-order valence-electron chi connectivity index (χ2n) is 7.93. The number of hydrogen-bond donors (Lipinski definition) is 2. The third kappa shape index (κ3) is 5.55. The van der Waals surface area contributed by atoms with Crippen LogP contribution in [0.5, 0.6) is 0 Å². The molecule has 9 heteroatoms. The fraction of sp³-hybridized carbons (Fsp3) is 0.200. The molecule has 0 aliphatic rings. The van der Waals surface area contributed by atoms with Crippen LogP contribution in [0.1, 0.15) is 49.1 Å². The Kier molecular flexibility index (Phi) is 6.83. The van der Waals surface area contributed by atoms with Gasteiger partial charge < -0.3 is 0 Å². The zero-order valence-corrected chi connectivity index (χ0v) is 20.2. The van der Waals surface area contributed by atoms with Gasteiger partial charge in [0.2, 0.25) is 0 Å².